The second kappa shape index (κ2) is 7.45. The third-order valence-corrected chi connectivity index (χ3v) is 4.02. The number of hydrogen-bond acceptors (Lipinski definition) is 4. The molecule has 0 radical (unpaired) electrons. The van der Waals surface area contributed by atoms with Gasteiger partial charge in [-0.1, -0.05) is 29.8 Å². The number of halogens is 1. The van der Waals surface area contributed by atoms with Crippen LogP contribution in [-0.4, -0.2) is 30.8 Å². The summed E-state index contributed by atoms with van der Waals surface area (Å²) in [6.07, 6.45) is 0.775. The number of ether oxygens (including phenoxy) is 2. The van der Waals surface area contributed by atoms with Gasteiger partial charge in [0.15, 0.2) is 11.5 Å². The molecule has 2 aromatic rings. The summed E-state index contributed by atoms with van der Waals surface area (Å²) in [5, 5.41) is 13.0. The van der Waals surface area contributed by atoms with Crippen LogP contribution in [-0.2, 0) is 17.6 Å². The number of fused-ring (bicyclic) bond motifs is 1. The first-order valence-corrected chi connectivity index (χ1v) is 8.13. The highest BCUT2D eigenvalue weighted by molar-refractivity contribution is 6.32. The van der Waals surface area contributed by atoms with Crippen LogP contribution in [0.1, 0.15) is 11.1 Å². The summed E-state index contributed by atoms with van der Waals surface area (Å²) in [6.45, 7) is 1.47. The summed E-state index contributed by atoms with van der Waals surface area (Å²) >= 11 is 6.19. The zero-order valence-corrected chi connectivity index (χ0v) is 13.8. The minimum atomic E-state index is -0.139. The Kier molecular flexibility index (Phi) is 5.11. The van der Waals surface area contributed by atoms with Gasteiger partial charge in [0.25, 0.3) is 0 Å². The Morgan fingerprint density at radius 2 is 2.00 bits per heavy atom. The Labute approximate surface area is 145 Å². The Hall–Kier alpha value is -2.40. The van der Waals surface area contributed by atoms with Gasteiger partial charge in [-0.2, -0.15) is 0 Å². The topological polar surface area (TPSA) is 67.8 Å². The molecular formula is C18H18ClNO4. The van der Waals surface area contributed by atoms with Gasteiger partial charge in [0.05, 0.1) is 11.4 Å². The smallest absolute Gasteiger partial charge is 0.224 e. The number of carbonyl (C=O) groups excluding carboxylic acids is 1. The number of hydrogen-bond donors (Lipinski definition) is 2. The van der Waals surface area contributed by atoms with Crippen LogP contribution in [0.2, 0.25) is 5.02 Å². The highest BCUT2D eigenvalue weighted by Gasteiger charge is 2.16. The fourth-order valence-corrected chi connectivity index (χ4v) is 2.84. The van der Waals surface area contributed by atoms with Crippen LogP contribution in [0.5, 0.6) is 17.2 Å². The molecule has 24 heavy (non-hydrogen) atoms. The van der Waals surface area contributed by atoms with Crippen LogP contribution in [0.25, 0.3) is 0 Å². The highest BCUT2D eigenvalue weighted by Crippen LogP contribution is 2.38. The van der Waals surface area contributed by atoms with Gasteiger partial charge in [0, 0.05) is 12.1 Å². The Morgan fingerprint density at radius 3 is 2.83 bits per heavy atom. The van der Waals surface area contributed by atoms with E-state index in [1.54, 1.807) is 24.3 Å². The number of benzene rings is 2. The first kappa shape index (κ1) is 16.5. The monoisotopic (exact) mass is 347 g/mol. The van der Waals surface area contributed by atoms with Gasteiger partial charge < -0.3 is 19.9 Å². The van der Waals surface area contributed by atoms with Crippen molar-refractivity contribution in [1.82, 2.24) is 5.32 Å². The van der Waals surface area contributed by atoms with E-state index in [4.69, 9.17) is 21.1 Å². The van der Waals surface area contributed by atoms with Crippen LogP contribution in [0.4, 0.5) is 0 Å². The Morgan fingerprint density at radius 1 is 1.21 bits per heavy atom. The highest BCUT2D eigenvalue weighted by atomic mass is 35.5. The molecule has 0 saturated heterocycles. The van der Waals surface area contributed by atoms with Crippen molar-refractivity contribution in [2.24, 2.45) is 0 Å². The second-order valence-corrected chi connectivity index (χ2v) is 5.91. The molecule has 0 saturated carbocycles. The van der Waals surface area contributed by atoms with Crippen LogP contribution in [0.3, 0.4) is 0 Å². The molecule has 5 nitrogen and oxygen atoms in total. The maximum atomic E-state index is 12.0. The lowest BCUT2D eigenvalue weighted by atomic mass is 10.1. The maximum Gasteiger partial charge on any atom is 0.224 e. The molecule has 0 spiro atoms. The normalized spacial score (nSPS) is 12.7. The molecule has 1 aliphatic rings. The SMILES string of the molecule is O=C(Cc1ccccc1O)NCCc1cc(Cl)c2c(c1)OCCO2. The number of aromatic hydroxyl groups is 1. The van der Waals surface area contributed by atoms with E-state index in [2.05, 4.69) is 5.32 Å². The van der Waals surface area contributed by atoms with E-state index in [0.717, 1.165) is 5.56 Å². The maximum absolute atomic E-state index is 12.0. The summed E-state index contributed by atoms with van der Waals surface area (Å²) in [6, 6.07) is 10.5. The van der Waals surface area contributed by atoms with E-state index >= 15 is 0 Å². The van der Waals surface area contributed by atoms with E-state index in [-0.39, 0.29) is 18.1 Å². The Bertz CT molecular complexity index is 748. The van der Waals surface area contributed by atoms with Crippen molar-refractivity contribution in [1.29, 1.82) is 0 Å². The quantitative estimate of drug-likeness (QED) is 0.872. The third kappa shape index (κ3) is 3.92. The van der Waals surface area contributed by atoms with Crippen LogP contribution >= 0.6 is 11.6 Å². The van der Waals surface area contributed by atoms with Gasteiger partial charge in [-0.25, -0.2) is 0 Å². The van der Waals surface area contributed by atoms with Crippen molar-refractivity contribution in [3.05, 3.63) is 52.5 Å². The lowest BCUT2D eigenvalue weighted by Gasteiger charge is -2.20. The molecule has 126 valence electrons. The molecule has 6 heteroatoms. The number of carbonyl (C=O) groups is 1. The third-order valence-electron chi connectivity index (χ3n) is 3.74. The summed E-state index contributed by atoms with van der Waals surface area (Å²) in [4.78, 5) is 12.0. The second-order valence-electron chi connectivity index (χ2n) is 5.51. The number of phenols is 1. The lowest BCUT2D eigenvalue weighted by Crippen LogP contribution is -2.27. The molecule has 0 bridgehead atoms. The van der Waals surface area contributed by atoms with Crippen molar-refractivity contribution in [3.63, 3.8) is 0 Å². The Balaban J connectivity index is 1.54. The number of rotatable bonds is 5. The van der Waals surface area contributed by atoms with Crippen molar-refractivity contribution in [3.8, 4) is 17.2 Å². The molecule has 0 fully saturated rings. The lowest BCUT2D eigenvalue weighted by molar-refractivity contribution is -0.120. The summed E-state index contributed by atoms with van der Waals surface area (Å²) in [5.74, 6) is 1.21. The van der Waals surface area contributed by atoms with Gasteiger partial charge in [-0.3, -0.25) is 4.79 Å². The van der Waals surface area contributed by atoms with Crippen LogP contribution in [0, 0.1) is 0 Å². The zero-order valence-electron chi connectivity index (χ0n) is 13.0. The van der Waals surface area contributed by atoms with E-state index in [9.17, 15) is 9.90 Å². The fourth-order valence-electron chi connectivity index (χ4n) is 2.55. The fraction of sp³-hybridized carbons (Fsp3) is 0.278. The molecule has 1 aliphatic heterocycles. The summed E-state index contributed by atoms with van der Waals surface area (Å²) in [5.41, 5.74) is 1.57. The van der Waals surface area contributed by atoms with E-state index in [0.29, 0.717) is 48.3 Å². The minimum Gasteiger partial charge on any atom is -0.508 e. The standard InChI is InChI=1S/C18H18ClNO4/c19-14-9-12(10-16-18(14)24-8-7-23-16)5-6-20-17(22)11-13-3-1-2-4-15(13)21/h1-4,9-10,21H,5-8,11H2,(H,20,22). The van der Waals surface area contributed by atoms with E-state index < -0.39 is 0 Å². The van der Waals surface area contributed by atoms with Gasteiger partial charge in [0.2, 0.25) is 5.91 Å². The molecule has 3 rings (SSSR count). The number of amides is 1. The largest absolute Gasteiger partial charge is 0.508 e. The molecule has 2 aromatic carbocycles. The average molecular weight is 348 g/mol. The molecule has 2 N–H and O–H groups in total. The number of phenolic OH excluding ortho intramolecular Hbond substituents is 1. The molecular weight excluding hydrogens is 330 g/mol. The number of para-hydroxylation sites is 1. The molecule has 0 aromatic heterocycles. The van der Waals surface area contributed by atoms with Crippen molar-refractivity contribution >= 4 is 17.5 Å². The van der Waals surface area contributed by atoms with Crippen molar-refractivity contribution < 1.29 is 19.4 Å². The minimum absolute atomic E-state index is 0.131. The predicted molar refractivity (Wildman–Crippen MR) is 91.0 cm³/mol. The van der Waals surface area contributed by atoms with Gasteiger partial charge in [-0.15, -0.1) is 0 Å². The van der Waals surface area contributed by atoms with Gasteiger partial charge in [0.1, 0.15) is 19.0 Å². The molecule has 1 heterocycles. The van der Waals surface area contributed by atoms with Crippen molar-refractivity contribution in [2.75, 3.05) is 19.8 Å². The van der Waals surface area contributed by atoms with Crippen molar-refractivity contribution in [2.45, 2.75) is 12.8 Å². The average Bonchev–Trinajstić information content (AvgIpc) is 2.57. The van der Waals surface area contributed by atoms with Crippen LogP contribution in [0.15, 0.2) is 36.4 Å². The van der Waals surface area contributed by atoms with Gasteiger partial charge in [-0.05, 0) is 30.2 Å². The number of nitrogens with one attached hydrogen (secondary N) is 1. The van der Waals surface area contributed by atoms with E-state index in [1.165, 1.54) is 0 Å². The molecule has 0 atom stereocenters. The molecule has 1 amide bonds. The predicted octanol–water partition coefficient (Wildman–Crippen LogP) is 2.72. The molecule has 0 unspecified atom stereocenters. The van der Waals surface area contributed by atoms with Gasteiger partial charge >= 0.3 is 0 Å². The first-order chi connectivity index (χ1) is 11.6. The summed E-state index contributed by atoms with van der Waals surface area (Å²) in [7, 11) is 0. The van der Waals surface area contributed by atoms with E-state index in [1.807, 2.05) is 12.1 Å². The molecule has 0 aliphatic carbocycles. The van der Waals surface area contributed by atoms with Crippen LogP contribution < -0.4 is 14.8 Å². The first-order valence-electron chi connectivity index (χ1n) is 7.75. The zero-order chi connectivity index (χ0) is 16.9. The summed E-state index contributed by atoms with van der Waals surface area (Å²) < 4.78 is 11.0.